The number of anilines is 2. The molecule has 1 unspecified atom stereocenters. The fraction of sp³-hybridized carbons (Fsp3) is 0.267. The highest BCUT2D eigenvalue weighted by Crippen LogP contribution is 2.32. The van der Waals surface area contributed by atoms with Crippen LogP contribution in [0.4, 0.5) is 11.5 Å². The van der Waals surface area contributed by atoms with E-state index in [4.69, 9.17) is 5.73 Å². The quantitative estimate of drug-likeness (QED) is 0.858. The summed E-state index contributed by atoms with van der Waals surface area (Å²) in [6.45, 7) is 1.03. The lowest BCUT2D eigenvalue weighted by Gasteiger charge is -2.16. The van der Waals surface area contributed by atoms with Gasteiger partial charge in [-0.25, -0.2) is 4.98 Å². The molecular weight excluding hydrogens is 238 g/mol. The SMILES string of the molecule is CN1CCc2cc(C(O)c3cccnc3N)ccc21. The molecule has 0 fully saturated rings. The van der Waals surface area contributed by atoms with Crippen LogP contribution >= 0.6 is 0 Å². The monoisotopic (exact) mass is 255 g/mol. The Balaban J connectivity index is 1.97. The Bertz CT molecular complexity index is 612. The number of hydrogen-bond acceptors (Lipinski definition) is 4. The van der Waals surface area contributed by atoms with Gasteiger partial charge in [-0.3, -0.25) is 0 Å². The standard InChI is InChI=1S/C15H17N3O/c1-18-8-6-10-9-11(4-5-13(10)18)14(19)12-3-2-7-17-15(12)16/h2-5,7,9,14,19H,6,8H2,1H3,(H2,16,17). The van der Waals surface area contributed by atoms with Gasteiger partial charge in [-0.2, -0.15) is 0 Å². The molecule has 1 aliphatic heterocycles. The molecule has 0 radical (unpaired) electrons. The van der Waals surface area contributed by atoms with Crippen molar-refractivity contribution in [1.82, 2.24) is 4.98 Å². The molecule has 3 rings (SSSR count). The van der Waals surface area contributed by atoms with Crippen LogP contribution in [0, 0.1) is 0 Å². The molecule has 1 aliphatic rings. The van der Waals surface area contributed by atoms with Crippen LogP contribution in [-0.4, -0.2) is 23.7 Å². The first-order chi connectivity index (χ1) is 9.16. The molecule has 2 aromatic rings. The number of aliphatic hydroxyl groups excluding tert-OH is 1. The number of nitrogens with zero attached hydrogens (tertiary/aromatic N) is 2. The highest BCUT2D eigenvalue weighted by molar-refractivity contribution is 5.59. The van der Waals surface area contributed by atoms with Crippen LogP contribution in [0.2, 0.25) is 0 Å². The predicted octanol–water partition coefficient (Wildman–Crippen LogP) is 1.74. The van der Waals surface area contributed by atoms with E-state index >= 15 is 0 Å². The van der Waals surface area contributed by atoms with Crippen LogP contribution in [0.3, 0.4) is 0 Å². The molecule has 3 N–H and O–H groups in total. The summed E-state index contributed by atoms with van der Waals surface area (Å²) in [7, 11) is 2.08. The number of nitrogen functional groups attached to an aromatic ring is 1. The molecule has 4 nitrogen and oxygen atoms in total. The van der Waals surface area contributed by atoms with Gasteiger partial charge in [0.15, 0.2) is 0 Å². The second-order valence-corrected chi connectivity index (χ2v) is 4.94. The van der Waals surface area contributed by atoms with E-state index in [1.54, 1.807) is 12.3 Å². The minimum Gasteiger partial charge on any atom is -0.384 e. The zero-order chi connectivity index (χ0) is 13.4. The van der Waals surface area contributed by atoms with Crippen molar-refractivity contribution in [2.45, 2.75) is 12.5 Å². The third-order valence-electron chi connectivity index (χ3n) is 3.71. The number of pyridine rings is 1. The molecule has 0 spiro atoms. The Labute approximate surface area is 112 Å². The maximum atomic E-state index is 10.4. The van der Waals surface area contributed by atoms with Crippen LogP contribution in [0.5, 0.6) is 0 Å². The largest absolute Gasteiger partial charge is 0.384 e. The van der Waals surface area contributed by atoms with Crippen molar-refractivity contribution < 1.29 is 5.11 Å². The van der Waals surface area contributed by atoms with Gasteiger partial charge in [0.2, 0.25) is 0 Å². The van der Waals surface area contributed by atoms with Crippen LogP contribution < -0.4 is 10.6 Å². The second kappa shape index (κ2) is 4.55. The summed E-state index contributed by atoms with van der Waals surface area (Å²) in [6.07, 6.45) is 1.93. The van der Waals surface area contributed by atoms with Crippen molar-refractivity contribution >= 4 is 11.5 Å². The maximum Gasteiger partial charge on any atom is 0.129 e. The zero-order valence-corrected chi connectivity index (χ0v) is 10.9. The first kappa shape index (κ1) is 12.0. The van der Waals surface area contributed by atoms with Gasteiger partial charge in [0, 0.05) is 31.0 Å². The molecule has 2 heterocycles. The first-order valence-electron chi connectivity index (χ1n) is 6.39. The third kappa shape index (κ3) is 2.04. The average molecular weight is 255 g/mol. The zero-order valence-electron chi connectivity index (χ0n) is 10.9. The number of hydrogen-bond donors (Lipinski definition) is 2. The smallest absolute Gasteiger partial charge is 0.129 e. The summed E-state index contributed by atoms with van der Waals surface area (Å²) in [6, 6.07) is 9.68. The molecule has 0 amide bonds. The van der Waals surface area contributed by atoms with E-state index in [-0.39, 0.29) is 0 Å². The Morgan fingerprint density at radius 3 is 3.00 bits per heavy atom. The molecule has 1 atom stereocenters. The van der Waals surface area contributed by atoms with Gasteiger partial charge in [-0.15, -0.1) is 0 Å². The van der Waals surface area contributed by atoms with E-state index in [9.17, 15) is 5.11 Å². The summed E-state index contributed by atoms with van der Waals surface area (Å²) < 4.78 is 0. The Hall–Kier alpha value is -2.07. The molecule has 1 aromatic heterocycles. The van der Waals surface area contributed by atoms with Crippen molar-refractivity contribution in [1.29, 1.82) is 0 Å². The number of aliphatic hydroxyl groups is 1. The van der Waals surface area contributed by atoms with Gasteiger partial charge in [-0.05, 0) is 29.7 Å². The molecule has 0 bridgehead atoms. The minimum absolute atomic E-state index is 0.382. The van der Waals surface area contributed by atoms with Gasteiger partial charge >= 0.3 is 0 Å². The second-order valence-electron chi connectivity index (χ2n) is 4.94. The number of benzene rings is 1. The molecule has 0 saturated carbocycles. The first-order valence-corrected chi connectivity index (χ1v) is 6.39. The minimum atomic E-state index is -0.718. The topological polar surface area (TPSA) is 62.4 Å². The number of rotatable bonds is 2. The van der Waals surface area contributed by atoms with Crippen molar-refractivity contribution in [3.8, 4) is 0 Å². The predicted molar refractivity (Wildman–Crippen MR) is 76.1 cm³/mol. The van der Waals surface area contributed by atoms with E-state index in [0.717, 1.165) is 18.5 Å². The van der Waals surface area contributed by atoms with Crippen LogP contribution in [-0.2, 0) is 6.42 Å². The van der Waals surface area contributed by atoms with Gasteiger partial charge < -0.3 is 15.7 Å². The fourth-order valence-electron chi connectivity index (χ4n) is 2.60. The van der Waals surface area contributed by atoms with E-state index < -0.39 is 6.10 Å². The summed E-state index contributed by atoms with van der Waals surface area (Å²) in [4.78, 5) is 6.25. The molecule has 98 valence electrons. The van der Waals surface area contributed by atoms with E-state index in [2.05, 4.69) is 29.1 Å². The lowest BCUT2D eigenvalue weighted by Crippen LogP contribution is -2.12. The van der Waals surface area contributed by atoms with Crippen LogP contribution in [0.15, 0.2) is 36.5 Å². The Morgan fingerprint density at radius 2 is 2.21 bits per heavy atom. The highest BCUT2D eigenvalue weighted by Gasteiger charge is 2.19. The van der Waals surface area contributed by atoms with E-state index in [1.165, 1.54) is 11.3 Å². The molecule has 0 saturated heterocycles. The van der Waals surface area contributed by atoms with E-state index in [1.807, 2.05) is 12.1 Å². The Morgan fingerprint density at radius 1 is 1.37 bits per heavy atom. The van der Waals surface area contributed by atoms with Gasteiger partial charge in [-0.1, -0.05) is 18.2 Å². The summed E-state index contributed by atoms with van der Waals surface area (Å²) in [5.41, 5.74) is 9.87. The Kier molecular flexibility index (Phi) is 2.87. The van der Waals surface area contributed by atoms with Gasteiger partial charge in [0.25, 0.3) is 0 Å². The van der Waals surface area contributed by atoms with Crippen molar-refractivity contribution in [3.63, 3.8) is 0 Å². The molecule has 1 aromatic carbocycles. The number of fused-ring (bicyclic) bond motifs is 1. The van der Waals surface area contributed by atoms with Crippen molar-refractivity contribution in [3.05, 3.63) is 53.2 Å². The summed E-state index contributed by atoms with van der Waals surface area (Å²) in [5.74, 6) is 0.382. The number of aromatic nitrogens is 1. The molecule has 19 heavy (non-hydrogen) atoms. The van der Waals surface area contributed by atoms with Crippen molar-refractivity contribution in [2.24, 2.45) is 0 Å². The highest BCUT2D eigenvalue weighted by atomic mass is 16.3. The van der Waals surface area contributed by atoms with Crippen LogP contribution in [0.1, 0.15) is 22.8 Å². The lowest BCUT2D eigenvalue weighted by molar-refractivity contribution is 0.220. The average Bonchev–Trinajstić information content (AvgIpc) is 2.80. The maximum absolute atomic E-state index is 10.4. The van der Waals surface area contributed by atoms with Crippen LogP contribution in [0.25, 0.3) is 0 Å². The van der Waals surface area contributed by atoms with Crippen molar-refractivity contribution in [2.75, 3.05) is 24.2 Å². The fourth-order valence-corrected chi connectivity index (χ4v) is 2.60. The van der Waals surface area contributed by atoms with E-state index in [0.29, 0.717) is 11.4 Å². The molecule has 0 aliphatic carbocycles. The number of nitrogens with two attached hydrogens (primary N) is 1. The summed E-state index contributed by atoms with van der Waals surface area (Å²) in [5, 5.41) is 10.4. The van der Waals surface area contributed by atoms with Gasteiger partial charge in [0.1, 0.15) is 11.9 Å². The number of likely N-dealkylation sites (N-methyl/N-ethyl adjacent to an activating group) is 1. The lowest BCUT2D eigenvalue weighted by atomic mass is 9.99. The molecule has 4 heteroatoms. The normalized spacial score (nSPS) is 15.4. The third-order valence-corrected chi connectivity index (χ3v) is 3.71. The summed E-state index contributed by atoms with van der Waals surface area (Å²) >= 11 is 0. The van der Waals surface area contributed by atoms with Gasteiger partial charge in [0.05, 0.1) is 0 Å². The molecular formula is C15H17N3O.